The van der Waals surface area contributed by atoms with Crippen molar-refractivity contribution in [2.45, 2.75) is 0 Å². The number of benzene rings is 1. The lowest BCUT2D eigenvalue weighted by molar-refractivity contribution is 0.0179. The van der Waals surface area contributed by atoms with Gasteiger partial charge in [0, 0.05) is 11.6 Å². The Morgan fingerprint density at radius 3 is 2.33 bits per heavy atom. The second-order valence-corrected chi connectivity index (χ2v) is 5.43. The van der Waals surface area contributed by atoms with Crippen LogP contribution in [0.1, 0.15) is 5.56 Å². The number of halogens is 1. The molecule has 0 aromatic heterocycles. The zero-order chi connectivity index (χ0) is 15.5. The van der Waals surface area contributed by atoms with Crippen LogP contribution < -0.4 is 10.5 Å². The van der Waals surface area contributed by atoms with Crippen molar-refractivity contribution < 1.29 is 18.9 Å². The molecule has 1 aromatic rings. The molecule has 21 heavy (non-hydrogen) atoms. The summed E-state index contributed by atoms with van der Waals surface area (Å²) >= 11 is 8.37. The highest BCUT2D eigenvalue weighted by Crippen LogP contribution is 2.23. The molecule has 1 aromatic carbocycles. The van der Waals surface area contributed by atoms with Crippen molar-refractivity contribution in [1.82, 2.24) is 0 Å². The van der Waals surface area contributed by atoms with E-state index < -0.39 is 0 Å². The van der Waals surface area contributed by atoms with Gasteiger partial charge in [0.05, 0.1) is 38.6 Å². The first kappa shape index (κ1) is 18.3. The van der Waals surface area contributed by atoms with Gasteiger partial charge in [0.15, 0.2) is 0 Å². The topological polar surface area (TPSA) is 62.9 Å². The average molecular weight is 378 g/mol. The molecule has 0 fully saturated rings. The number of nitrogens with two attached hydrogens (primary N) is 1. The predicted octanol–water partition coefficient (Wildman–Crippen LogP) is 2.14. The standard InChI is InChI=1S/C14H20BrNO4S/c1-17-4-5-18-6-7-19-8-9-20-13-3-2-11(15)10-12(13)14(16)21/h2-3,10H,4-9H2,1H3,(H2,16,21). The maximum Gasteiger partial charge on any atom is 0.129 e. The molecule has 2 N–H and O–H groups in total. The Hall–Kier alpha value is -0.730. The van der Waals surface area contributed by atoms with Gasteiger partial charge in [-0.3, -0.25) is 0 Å². The van der Waals surface area contributed by atoms with Crippen LogP contribution in [0, 0.1) is 0 Å². The van der Waals surface area contributed by atoms with E-state index >= 15 is 0 Å². The summed E-state index contributed by atoms with van der Waals surface area (Å²) in [5.74, 6) is 0.658. The molecule has 7 heteroatoms. The van der Waals surface area contributed by atoms with Crippen LogP contribution in [-0.2, 0) is 14.2 Å². The molecule has 0 bridgehead atoms. The molecule has 5 nitrogen and oxygen atoms in total. The first-order valence-corrected chi connectivity index (χ1v) is 7.72. The molecule has 0 saturated heterocycles. The highest BCUT2D eigenvalue weighted by atomic mass is 79.9. The maximum absolute atomic E-state index is 5.67. The molecule has 118 valence electrons. The Kier molecular flexibility index (Phi) is 9.53. The van der Waals surface area contributed by atoms with Crippen LogP contribution in [0.3, 0.4) is 0 Å². The number of methoxy groups -OCH3 is 1. The molecule has 0 heterocycles. The van der Waals surface area contributed by atoms with E-state index in [4.69, 9.17) is 36.9 Å². The molecule has 0 saturated carbocycles. The van der Waals surface area contributed by atoms with E-state index in [1.54, 1.807) is 7.11 Å². The minimum Gasteiger partial charge on any atom is -0.490 e. The van der Waals surface area contributed by atoms with E-state index in [-0.39, 0.29) is 0 Å². The van der Waals surface area contributed by atoms with Gasteiger partial charge in [0.25, 0.3) is 0 Å². The molecule has 0 spiro atoms. The zero-order valence-electron chi connectivity index (χ0n) is 12.0. The van der Waals surface area contributed by atoms with E-state index in [9.17, 15) is 0 Å². The first-order valence-electron chi connectivity index (χ1n) is 6.51. The monoisotopic (exact) mass is 377 g/mol. The van der Waals surface area contributed by atoms with Gasteiger partial charge in [0.2, 0.25) is 0 Å². The normalized spacial score (nSPS) is 10.6. The minimum absolute atomic E-state index is 0.304. The Balaban J connectivity index is 2.20. The highest BCUT2D eigenvalue weighted by Gasteiger charge is 2.07. The summed E-state index contributed by atoms with van der Waals surface area (Å²) in [5.41, 5.74) is 6.38. The summed E-state index contributed by atoms with van der Waals surface area (Å²) in [4.78, 5) is 0.304. The lowest BCUT2D eigenvalue weighted by Gasteiger charge is -2.11. The second-order valence-electron chi connectivity index (χ2n) is 4.07. The lowest BCUT2D eigenvalue weighted by atomic mass is 10.2. The molecule has 0 atom stereocenters. The molecule has 1 rings (SSSR count). The quantitative estimate of drug-likeness (QED) is 0.470. The summed E-state index contributed by atoms with van der Waals surface area (Å²) in [5, 5.41) is 0. The van der Waals surface area contributed by atoms with Gasteiger partial charge in [-0.15, -0.1) is 0 Å². The van der Waals surface area contributed by atoms with Crippen LogP contribution in [0.2, 0.25) is 0 Å². The second kappa shape index (κ2) is 10.9. The third kappa shape index (κ3) is 7.73. The molecule has 0 aliphatic rings. The van der Waals surface area contributed by atoms with E-state index in [2.05, 4.69) is 15.9 Å². The largest absolute Gasteiger partial charge is 0.490 e. The predicted molar refractivity (Wildman–Crippen MR) is 89.0 cm³/mol. The van der Waals surface area contributed by atoms with Crippen molar-refractivity contribution in [2.24, 2.45) is 5.73 Å². The van der Waals surface area contributed by atoms with Crippen LogP contribution in [0.15, 0.2) is 22.7 Å². The molecular formula is C14H20BrNO4S. The Morgan fingerprint density at radius 1 is 1.10 bits per heavy atom. The average Bonchev–Trinajstić information content (AvgIpc) is 2.46. The SMILES string of the molecule is COCCOCCOCCOc1ccc(Br)cc1C(N)=S. The minimum atomic E-state index is 0.304. The first-order chi connectivity index (χ1) is 10.1. The van der Waals surface area contributed by atoms with Crippen molar-refractivity contribution in [1.29, 1.82) is 0 Å². The zero-order valence-corrected chi connectivity index (χ0v) is 14.4. The number of hydrogen-bond donors (Lipinski definition) is 1. The number of rotatable bonds is 11. The molecule has 0 unspecified atom stereocenters. The van der Waals surface area contributed by atoms with Crippen LogP contribution in [0.4, 0.5) is 0 Å². The van der Waals surface area contributed by atoms with Gasteiger partial charge < -0.3 is 24.7 Å². The van der Waals surface area contributed by atoms with Crippen LogP contribution in [0.5, 0.6) is 5.75 Å². The smallest absolute Gasteiger partial charge is 0.129 e. The fourth-order valence-electron chi connectivity index (χ4n) is 1.50. The summed E-state index contributed by atoms with van der Waals surface area (Å²) in [7, 11) is 1.64. The third-order valence-electron chi connectivity index (χ3n) is 2.50. The van der Waals surface area contributed by atoms with E-state index in [1.165, 1.54) is 0 Å². The fourth-order valence-corrected chi connectivity index (χ4v) is 2.02. The van der Waals surface area contributed by atoms with Crippen LogP contribution in [0.25, 0.3) is 0 Å². The number of hydrogen-bond acceptors (Lipinski definition) is 5. The van der Waals surface area contributed by atoms with Crippen molar-refractivity contribution in [3.8, 4) is 5.75 Å². The van der Waals surface area contributed by atoms with Gasteiger partial charge in [-0.1, -0.05) is 28.1 Å². The van der Waals surface area contributed by atoms with Crippen molar-refractivity contribution in [3.05, 3.63) is 28.2 Å². The van der Waals surface area contributed by atoms with Crippen molar-refractivity contribution >= 4 is 33.1 Å². The van der Waals surface area contributed by atoms with Gasteiger partial charge in [-0.25, -0.2) is 0 Å². The number of thiocarbonyl (C=S) groups is 1. The molecule has 0 amide bonds. The van der Waals surface area contributed by atoms with Gasteiger partial charge >= 0.3 is 0 Å². The van der Waals surface area contributed by atoms with Crippen molar-refractivity contribution in [3.63, 3.8) is 0 Å². The van der Waals surface area contributed by atoms with E-state index in [0.29, 0.717) is 55.9 Å². The maximum atomic E-state index is 5.67. The van der Waals surface area contributed by atoms with E-state index in [0.717, 1.165) is 4.47 Å². The lowest BCUT2D eigenvalue weighted by Crippen LogP contribution is -2.15. The molecule has 0 aliphatic heterocycles. The third-order valence-corrected chi connectivity index (χ3v) is 3.21. The summed E-state index contributed by atoms with van der Waals surface area (Å²) in [6.45, 7) is 3.13. The molecule has 0 radical (unpaired) electrons. The molecular weight excluding hydrogens is 358 g/mol. The van der Waals surface area contributed by atoms with Gasteiger partial charge in [-0.2, -0.15) is 0 Å². The van der Waals surface area contributed by atoms with Crippen molar-refractivity contribution in [2.75, 3.05) is 46.8 Å². The summed E-state index contributed by atoms with van der Waals surface area (Å²) in [6.07, 6.45) is 0. The Bertz CT molecular complexity index is 445. The van der Waals surface area contributed by atoms with Crippen LogP contribution >= 0.6 is 28.1 Å². The Labute approximate surface area is 138 Å². The highest BCUT2D eigenvalue weighted by molar-refractivity contribution is 9.10. The summed E-state index contributed by atoms with van der Waals surface area (Å²) in [6, 6.07) is 5.54. The molecule has 0 aliphatic carbocycles. The Morgan fingerprint density at radius 2 is 1.71 bits per heavy atom. The summed E-state index contributed by atoms with van der Waals surface area (Å²) < 4.78 is 22.1. The van der Waals surface area contributed by atoms with E-state index in [1.807, 2.05) is 18.2 Å². The number of ether oxygens (including phenoxy) is 4. The fraction of sp³-hybridized carbons (Fsp3) is 0.500. The van der Waals surface area contributed by atoms with Gasteiger partial charge in [-0.05, 0) is 18.2 Å². The van der Waals surface area contributed by atoms with Gasteiger partial charge in [0.1, 0.15) is 17.3 Å². The van der Waals surface area contributed by atoms with Crippen LogP contribution in [-0.4, -0.2) is 51.7 Å².